The molecule has 1 N–H and O–H groups in total. The number of hydrogen-bond acceptors (Lipinski definition) is 4. The van der Waals surface area contributed by atoms with E-state index in [1.165, 1.54) is 0 Å². The van der Waals surface area contributed by atoms with Crippen molar-refractivity contribution in [1.29, 1.82) is 0 Å². The molecule has 1 unspecified atom stereocenters. The van der Waals surface area contributed by atoms with Gasteiger partial charge in [0.1, 0.15) is 5.75 Å². The van der Waals surface area contributed by atoms with E-state index < -0.39 is 6.80 Å². The molecule has 0 radical (unpaired) electrons. The van der Waals surface area contributed by atoms with Gasteiger partial charge < -0.3 is 9.42 Å². The molecule has 0 amide bonds. The monoisotopic (exact) mass is 340 g/mol. The molecule has 2 aromatic carbocycles. The van der Waals surface area contributed by atoms with E-state index in [-0.39, 0.29) is 0 Å². The zero-order valence-electron chi connectivity index (χ0n) is 11.6. The van der Waals surface area contributed by atoms with Crippen LogP contribution in [0.1, 0.15) is 13.3 Å². The maximum Gasteiger partial charge on any atom is 0.437 e. The average Bonchev–Trinajstić information content (AvgIpc) is 2.48. The fourth-order valence-electron chi connectivity index (χ4n) is 1.56. The molecule has 21 heavy (non-hydrogen) atoms. The minimum atomic E-state index is -3.60. The van der Waals surface area contributed by atoms with Gasteiger partial charge in [-0.1, -0.05) is 36.9 Å². The molecule has 1 atom stereocenters. The highest BCUT2D eigenvalue weighted by Crippen LogP contribution is 2.55. The fraction of sp³-hybridized carbons (Fsp3) is 0.200. The van der Waals surface area contributed by atoms with Gasteiger partial charge in [0.25, 0.3) is 0 Å². The van der Waals surface area contributed by atoms with Crippen LogP contribution in [0.25, 0.3) is 0 Å². The molecule has 2 rings (SSSR count). The lowest BCUT2D eigenvalue weighted by molar-refractivity contribution is 0.402. The summed E-state index contributed by atoms with van der Waals surface area (Å²) in [5.41, 5.74) is 0. The molecular formula is C15H17O3PS2. The molecule has 0 fully saturated rings. The fourth-order valence-corrected chi connectivity index (χ4v) is 4.91. The molecule has 0 aliphatic carbocycles. The van der Waals surface area contributed by atoms with Crippen LogP contribution >= 0.6 is 29.9 Å². The van der Waals surface area contributed by atoms with Crippen molar-refractivity contribution in [3.05, 3.63) is 54.6 Å². The Bertz CT molecular complexity index is 602. The van der Waals surface area contributed by atoms with Crippen molar-refractivity contribution in [2.75, 3.05) is 5.75 Å². The van der Waals surface area contributed by atoms with Crippen molar-refractivity contribution >= 4 is 29.9 Å². The molecule has 0 aliphatic rings. The normalized spacial score (nSPS) is 13.6. The second kappa shape index (κ2) is 7.95. The topological polar surface area (TPSA) is 46.5 Å². The molecule has 0 saturated carbocycles. The van der Waals surface area contributed by atoms with Gasteiger partial charge in [-0.2, -0.15) is 0 Å². The van der Waals surface area contributed by atoms with Crippen LogP contribution in [0.2, 0.25) is 0 Å². The van der Waals surface area contributed by atoms with E-state index in [4.69, 9.17) is 4.52 Å². The summed E-state index contributed by atoms with van der Waals surface area (Å²) in [7, 11) is 0. The molecule has 0 spiro atoms. The third-order valence-corrected chi connectivity index (χ3v) is 6.61. The van der Waals surface area contributed by atoms with Crippen LogP contribution in [0, 0.1) is 0 Å². The number of benzene rings is 2. The second-order valence-corrected chi connectivity index (χ2v) is 9.37. The molecule has 6 heteroatoms. The van der Waals surface area contributed by atoms with E-state index in [0.29, 0.717) is 11.5 Å². The zero-order chi connectivity index (χ0) is 15.1. The van der Waals surface area contributed by atoms with Crippen molar-refractivity contribution in [3.8, 4) is 5.75 Å². The van der Waals surface area contributed by atoms with Gasteiger partial charge in [0.15, 0.2) is 0 Å². The van der Waals surface area contributed by atoms with Gasteiger partial charge >= 0.3 is 6.80 Å². The van der Waals surface area contributed by atoms with Gasteiger partial charge in [0, 0.05) is 15.5 Å². The lowest BCUT2D eigenvalue weighted by Gasteiger charge is -2.12. The van der Waals surface area contributed by atoms with Crippen LogP contribution in [-0.2, 0) is 4.57 Å². The van der Waals surface area contributed by atoms with Crippen LogP contribution in [0.4, 0.5) is 0 Å². The van der Waals surface area contributed by atoms with Crippen molar-refractivity contribution in [1.82, 2.24) is 0 Å². The highest BCUT2D eigenvalue weighted by Gasteiger charge is 2.21. The Morgan fingerprint density at radius 3 is 2.29 bits per heavy atom. The van der Waals surface area contributed by atoms with Gasteiger partial charge in [-0.15, -0.1) is 0 Å². The summed E-state index contributed by atoms with van der Waals surface area (Å²) in [6, 6.07) is 17.3. The smallest absolute Gasteiger partial charge is 0.417 e. The molecule has 0 heterocycles. The summed E-state index contributed by atoms with van der Waals surface area (Å²) in [5.74, 6) is 1.03. The summed E-state index contributed by atoms with van der Waals surface area (Å²) in [4.78, 5) is 11.9. The van der Waals surface area contributed by atoms with Crippen LogP contribution in [0.5, 0.6) is 5.75 Å². The maximum atomic E-state index is 11.8. The van der Waals surface area contributed by atoms with Gasteiger partial charge in [-0.3, -0.25) is 0 Å². The number of hydrogen-bond donors (Lipinski definition) is 1. The summed E-state index contributed by atoms with van der Waals surface area (Å²) in [6.07, 6.45) is 0.839. The lowest BCUT2D eigenvalue weighted by atomic mass is 10.3. The van der Waals surface area contributed by atoms with Crippen molar-refractivity contribution in [2.24, 2.45) is 0 Å². The summed E-state index contributed by atoms with van der Waals surface area (Å²) in [5, 5.41) is 0. The van der Waals surface area contributed by atoms with Gasteiger partial charge in [0.05, 0.1) is 0 Å². The first-order valence-corrected chi connectivity index (χ1v) is 10.6. The first-order chi connectivity index (χ1) is 10.1. The summed E-state index contributed by atoms with van der Waals surface area (Å²) >= 11 is 2.60. The third-order valence-electron chi connectivity index (χ3n) is 2.48. The van der Waals surface area contributed by atoms with Gasteiger partial charge in [-0.05, 0) is 54.2 Å². The van der Waals surface area contributed by atoms with Crippen LogP contribution in [0.3, 0.4) is 0 Å². The largest absolute Gasteiger partial charge is 0.437 e. The van der Waals surface area contributed by atoms with Crippen LogP contribution in [0.15, 0.2) is 64.4 Å². The SMILES string of the molecule is CCCSP(=O)(O)Oc1ccc(Sc2ccccc2)cc1. The van der Waals surface area contributed by atoms with Gasteiger partial charge in [0.2, 0.25) is 0 Å². The Hall–Kier alpha value is -0.870. The van der Waals surface area contributed by atoms with Crippen molar-refractivity contribution in [2.45, 2.75) is 23.1 Å². The van der Waals surface area contributed by atoms with E-state index in [0.717, 1.165) is 27.6 Å². The maximum absolute atomic E-state index is 11.8. The van der Waals surface area contributed by atoms with E-state index in [2.05, 4.69) is 0 Å². The highest BCUT2D eigenvalue weighted by molar-refractivity contribution is 8.54. The number of rotatable bonds is 7. The standard InChI is InChI=1S/C15H17O3PS2/c1-2-12-20-19(16,17)18-13-8-10-15(11-9-13)21-14-6-4-3-5-7-14/h3-11H,2,12H2,1H3,(H,16,17). The predicted molar refractivity (Wildman–Crippen MR) is 90.2 cm³/mol. The van der Waals surface area contributed by atoms with E-state index in [9.17, 15) is 9.46 Å². The molecule has 0 bridgehead atoms. The third kappa shape index (κ3) is 5.79. The lowest BCUT2D eigenvalue weighted by Crippen LogP contribution is -1.89. The molecule has 3 nitrogen and oxygen atoms in total. The Morgan fingerprint density at radius 1 is 1.05 bits per heavy atom. The first kappa shape index (κ1) is 16.5. The molecular weight excluding hydrogens is 323 g/mol. The molecule has 0 saturated heterocycles. The minimum Gasteiger partial charge on any atom is -0.417 e. The quantitative estimate of drug-likeness (QED) is 0.678. The first-order valence-electron chi connectivity index (χ1n) is 6.59. The minimum absolute atomic E-state index is 0.418. The van der Waals surface area contributed by atoms with E-state index in [1.807, 2.05) is 49.4 Å². The Kier molecular flexibility index (Phi) is 6.24. The predicted octanol–water partition coefficient (Wildman–Crippen LogP) is 5.46. The Labute approximate surface area is 133 Å². The summed E-state index contributed by atoms with van der Waals surface area (Å²) in [6.45, 7) is -1.64. The van der Waals surface area contributed by atoms with Crippen molar-refractivity contribution < 1.29 is 14.0 Å². The van der Waals surface area contributed by atoms with Gasteiger partial charge in [-0.25, -0.2) is 4.57 Å². The molecule has 0 aromatic heterocycles. The van der Waals surface area contributed by atoms with Crippen LogP contribution < -0.4 is 4.52 Å². The highest BCUT2D eigenvalue weighted by atomic mass is 32.7. The zero-order valence-corrected chi connectivity index (χ0v) is 14.2. The van der Waals surface area contributed by atoms with Crippen LogP contribution in [-0.4, -0.2) is 10.6 Å². The summed E-state index contributed by atoms with van der Waals surface area (Å²) < 4.78 is 17.0. The van der Waals surface area contributed by atoms with E-state index >= 15 is 0 Å². The average molecular weight is 340 g/mol. The van der Waals surface area contributed by atoms with E-state index in [1.54, 1.807) is 23.9 Å². The van der Waals surface area contributed by atoms with Crippen molar-refractivity contribution in [3.63, 3.8) is 0 Å². The molecule has 0 aliphatic heterocycles. The Morgan fingerprint density at radius 2 is 1.67 bits per heavy atom. The molecule has 2 aromatic rings. The Balaban J connectivity index is 1.97. The molecule has 112 valence electrons. The second-order valence-electron chi connectivity index (χ2n) is 4.28.